The molecule has 3 aromatic rings. The van der Waals surface area contributed by atoms with Crippen molar-refractivity contribution < 1.29 is 24.1 Å². The highest BCUT2D eigenvalue weighted by molar-refractivity contribution is 5.73. The molecule has 1 aliphatic heterocycles. The van der Waals surface area contributed by atoms with Crippen LogP contribution >= 0.6 is 0 Å². The zero-order valence-electron chi connectivity index (χ0n) is 19.7. The van der Waals surface area contributed by atoms with Gasteiger partial charge in [-0.15, -0.1) is 0 Å². The Morgan fingerprint density at radius 1 is 1.06 bits per heavy atom. The summed E-state index contributed by atoms with van der Waals surface area (Å²) in [7, 11) is 3.03. The number of aromatic nitrogens is 2. The molecule has 0 bridgehead atoms. The van der Waals surface area contributed by atoms with E-state index in [0.29, 0.717) is 36.8 Å². The quantitative estimate of drug-likeness (QED) is 0.507. The molecule has 0 unspecified atom stereocenters. The van der Waals surface area contributed by atoms with Gasteiger partial charge in [0, 0.05) is 6.54 Å². The third-order valence-electron chi connectivity index (χ3n) is 6.19. The van der Waals surface area contributed by atoms with E-state index in [1.165, 1.54) is 14.2 Å². The number of aliphatic carboxylic acids is 1. The van der Waals surface area contributed by atoms with Crippen LogP contribution in [0.3, 0.4) is 0 Å². The molecule has 1 N–H and O–H groups in total. The topological polar surface area (TPSA) is 94.0 Å². The number of carboxylic acid groups (broad SMARTS) is 1. The summed E-state index contributed by atoms with van der Waals surface area (Å²) in [5, 5.41) is 9.50. The lowest BCUT2D eigenvalue weighted by molar-refractivity contribution is -0.142. The lowest BCUT2D eigenvalue weighted by Crippen LogP contribution is -2.35. The van der Waals surface area contributed by atoms with Crippen molar-refractivity contribution in [2.24, 2.45) is 0 Å². The minimum Gasteiger partial charge on any atom is -0.481 e. The normalized spacial score (nSPS) is 15.8. The van der Waals surface area contributed by atoms with Crippen LogP contribution in [0.5, 0.6) is 17.8 Å². The van der Waals surface area contributed by atoms with E-state index in [1.54, 1.807) is 0 Å². The van der Waals surface area contributed by atoms with Crippen molar-refractivity contribution in [3.63, 3.8) is 0 Å². The molecule has 178 valence electrons. The van der Waals surface area contributed by atoms with Gasteiger partial charge in [-0.25, -0.2) is 0 Å². The Labute approximate surface area is 199 Å². The second kappa shape index (κ2) is 10.5. The predicted molar refractivity (Wildman–Crippen MR) is 127 cm³/mol. The van der Waals surface area contributed by atoms with Gasteiger partial charge < -0.3 is 19.3 Å². The summed E-state index contributed by atoms with van der Waals surface area (Å²) < 4.78 is 16.9. The zero-order chi connectivity index (χ0) is 24.1. The Morgan fingerprint density at radius 2 is 1.76 bits per heavy atom. The van der Waals surface area contributed by atoms with Crippen LogP contribution in [-0.4, -0.2) is 52.7 Å². The highest BCUT2D eigenvalue weighted by atomic mass is 16.5. The van der Waals surface area contributed by atoms with E-state index >= 15 is 0 Å². The number of hydrogen-bond acceptors (Lipinski definition) is 7. The van der Waals surface area contributed by atoms with Crippen molar-refractivity contribution in [1.82, 2.24) is 14.9 Å². The number of methoxy groups -OCH3 is 2. The van der Waals surface area contributed by atoms with Crippen molar-refractivity contribution in [1.29, 1.82) is 0 Å². The predicted octanol–water partition coefficient (Wildman–Crippen LogP) is 4.10. The first kappa shape index (κ1) is 23.5. The van der Waals surface area contributed by atoms with Crippen LogP contribution in [0, 0.1) is 6.92 Å². The average Bonchev–Trinajstić information content (AvgIpc) is 3.33. The maximum absolute atomic E-state index is 11.6. The van der Waals surface area contributed by atoms with Crippen LogP contribution < -0.4 is 14.2 Å². The van der Waals surface area contributed by atoms with Crippen LogP contribution in [0.25, 0.3) is 11.1 Å². The third-order valence-corrected chi connectivity index (χ3v) is 6.19. The fourth-order valence-electron chi connectivity index (χ4n) is 4.37. The van der Waals surface area contributed by atoms with Gasteiger partial charge in [-0.3, -0.25) is 9.69 Å². The third kappa shape index (κ3) is 4.97. The number of likely N-dealkylation sites (tertiary alicyclic amines) is 1. The van der Waals surface area contributed by atoms with E-state index in [1.807, 2.05) is 35.2 Å². The Balaban J connectivity index is 1.55. The molecule has 0 amide bonds. The van der Waals surface area contributed by atoms with Crippen molar-refractivity contribution in [3.8, 4) is 28.9 Å². The number of carbonyl (C=O) groups is 1. The monoisotopic (exact) mass is 463 g/mol. The first-order chi connectivity index (χ1) is 16.5. The van der Waals surface area contributed by atoms with Gasteiger partial charge in [0.15, 0.2) is 0 Å². The van der Waals surface area contributed by atoms with Crippen molar-refractivity contribution in [2.75, 3.05) is 20.8 Å². The molecule has 8 nitrogen and oxygen atoms in total. The molecule has 0 radical (unpaired) electrons. The van der Waals surface area contributed by atoms with Gasteiger partial charge in [0.25, 0.3) is 0 Å². The summed E-state index contributed by atoms with van der Waals surface area (Å²) in [6.07, 6.45) is 1.44. The Kier molecular flexibility index (Phi) is 7.27. The SMILES string of the molecule is COc1nc(OCc2cccc(-c3ccccc3)c2C)nc(OC)c1CN1CCC[C@H]1C(=O)O. The summed E-state index contributed by atoms with van der Waals surface area (Å²) in [4.78, 5) is 22.3. The molecule has 1 saturated heterocycles. The van der Waals surface area contributed by atoms with Gasteiger partial charge in [0.05, 0.1) is 19.8 Å². The second-order valence-electron chi connectivity index (χ2n) is 8.21. The molecule has 4 rings (SSSR count). The number of nitrogens with zero attached hydrogens (tertiary/aromatic N) is 3. The lowest BCUT2D eigenvalue weighted by Gasteiger charge is -2.22. The summed E-state index contributed by atoms with van der Waals surface area (Å²) in [6, 6.07) is 15.9. The average molecular weight is 464 g/mol. The molecule has 1 aromatic heterocycles. The molecular formula is C26H29N3O5. The number of benzene rings is 2. The Bertz CT molecular complexity index is 1130. The number of ether oxygens (including phenoxy) is 3. The summed E-state index contributed by atoms with van der Waals surface area (Å²) in [5.74, 6) is -0.204. The molecule has 0 aliphatic carbocycles. The summed E-state index contributed by atoms with van der Waals surface area (Å²) in [5.41, 5.74) is 5.04. The zero-order valence-corrected chi connectivity index (χ0v) is 19.7. The van der Waals surface area contributed by atoms with Gasteiger partial charge in [0.2, 0.25) is 11.8 Å². The Morgan fingerprint density at radius 3 is 2.41 bits per heavy atom. The molecule has 1 fully saturated rings. The van der Waals surface area contributed by atoms with E-state index in [-0.39, 0.29) is 12.6 Å². The van der Waals surface area contributed by atoms with Crippen LogP contribution in [0.15, 0.2) is 48.5 Å². The maximum Gasteiger partial charge on any atom is 0.323 e. The van der Waals surface area contributed by atoms with Crippen molar-refractivity contribution in [2.45, 2.75) is 39.0 Å². The van der Waals surface area contributed by atoms with E-state index < -0.39 is 12.0 Å². The first-order valence-corrected chi connectivity index (χ1v) is 11.2. The van der Waals surface area contributed by atoms with Crippen LogP contribution in [0.1, 0.15) is 29.5 Å². The lowest BCUT2D eigenvalue weighted by atomic mass is 9.97. The summed E-state index contributed by atoms with van der Waals surface area (Å²) >= 11 is 0. The fourth-order valence-corrected chi connectivity index (χ4v) is 4.37. The van der Waals surface area contributed by atoms with Gasteiger partial charge in [-0.1, -0.05) is 48.5 Å². The van der Waals surface area contributed by atoms with E-state index in [9.17, 15) is 9.90 Å². The molecule has 0 spiro atoms. The smallest absolute Gasteiger partial charge is 0.323 e. The molecule has 2 heterocycles. The van der Waals surface area contributed by atoms with Gasteiger partial charge in [-0.2, -0.15) is 9.97 Å². The van der Waals surface area contributed by atoms with E-state index in [0.717, 1.165) is 28.7 Å². The standard InChI is InChI=1S/C26H29N3O5/c1-17-19(11-7-12-20(17)18-9-5-4-6-10-18)16-34-26-27-23(32-2)21(24(28-26)33-3)15-29-14-8-13-22(29)25(30)31/h4-7,9-12,22H,8,13-16H2,1-3H3,(H,30,31)/t22-/m0/s1. The highest BCUT2D eigenvalue weighted by Crippen LogP contribution is 2.32. The van der Waals surface area contributed by atoms with E-state index in [4.69, 9.17) is 14.2 Å². The van der Waals surface area contributed by atoms with Crippen LogP contribution in [0.4, 0.5) is 0 Å². The molecule has 1 atom stereocenters. The van der Waals surface area contributed by atoms with Gasteiger partial charge in [-0.05, 0) is 48.6 Å². The van der Waals surface area contributed by atoms with Crippen LogP contribution in [-0.2, 0) is 17.9 Å². The Hall–Kier alpha value is -3.65. The molecular weight excluding hydrogens is 434 g/mol. The minimum absolute atomic E-state index is 0.137. The molecule has 8 heteroatoms. The minimum atomic E-state index is -0.829. The van der Waals surface area contributed by atoms with Crippen molar-refractivity contribution in [3.05, 3.63) is 65.2 Å². The molecule has 0 saturated carbocycles. The fraction of sp³-hybridized carbons (Fsp3) is 0.346. The maximum atomic E-state index is 11.6. The van der Waals surface area contributed by atoms with Gasteiger partial charge >= 0.3 is 12.0 Å². The van der Waals surface area contributed by atoms with Gasteiger partial charge in [0.1, 0.15) is 12.6 Å². The first-order valence-electron chi connectivity index (χ1n) is 11.2. The number of hydrogen-bond donors (Lipinski definition) is 1. The highest BCUT2D eigenvalue weighted by Gasteiger charge is 2.32. The van der Waals surface area contributed by atoms with E-state index in [2.05, 4.69) is 35.1 Å². The molecule has 34 heavy (non-hydrogen) atoms. The second-order valence-corrected chi connectivity index (χ2v) is 8.21. The molecule has 2 aromatic carbocycles. The number of rotatable bonds is 9. The number of carboxylic acids is 1. The van der Waals surface area contributed by atoms with Crippen LogP contribution in [0.2, 0.25) is 0 Å². The van der Waals surface area contributed by atoms with Crippen molar-refractivity contribution >= 4 is 5.97 Å². The largest absolute Gasteiger partial charge is 0.481 e. The molecule has 1 aliphatic rings. The summed E-state index contributed by atoms with van der Waals surface area (Å²) in [6.45, 7) is 3.35.